The predicted octanol–water partition coefficient (Wildman–Crippen LogP) is 3.08. The Hall–Kier alpha value is -1.28. The van der Waals surface area contributed by atoms with E-state index in [2.05, 4.69) is 15.2 Å². The van der Waals surface area contributed by atoms with Gasteiger partial charge in [0.1, 0.15) is 10.7 Å². The average molecular weight is 404 g/mol. The molecule has 2 N–H and O–H groups in total. The smallest absolute Gasteiger partial charge is 0.271 e. The number of nitrogens with one attached hydrogen (secondary N) is 1. The van der Waals surface area contributed by atoms with Crippen LogP contribution in [0.25, 0.3) is 9.88 Å². The monoisotopic (exact) mass is 403 g/mol. The topological polar surface area (TPSA) is 65.5 Å². The molecule has 3 aliphatic rings. The van der Waals surface area contributed by atoms with Crippen LogP contribution in [-0.2, 0) is 0 Å². The number of aliphatic hydroxyl groups excluding tert-OH is 1. The number of carbonyl (C=O) groups is 1. The molecule has 5 rings (SSSR count). The molecule has 0 aromatic carbocycles. The molecule has 4 atom stereocenters. The Balaban J connectivity index is 1.21. The van der Waals surface area contributed by atoms with E-state index in [1.807, 2.05) is 22.9 Å². The van der Waals surface area contributed by atoms with Gasteiger partial charge in [-0.1, -0.05) is 6.07 Å². The molecule has 2 saturated carbocycles. The Labute approximate surface area is 167 Å². The SMILES string of the molecule is O=C(N[C@H]1C[C@H]2CN(CC3CC3)C[C@H]2C[C@@H]1O)c1csc(-c2cccs2)n1. The molecule has 1 aliphatic heterocycles. The first-order valence-electron chi connectivity index (χ1n) is 9.86. The van der Waals surface area contributed by atoms with Gasteiger partial charge in [0, 0.05) is 25.0 Å². The molecular formula is C20H25N3O2S2. The van der Waals surface area contributed by atoms with Crippen LogP contribution in [0.1, 0.15) is 36.2 Å². The van der Waals surface area contributed by atoms with Gasteiger partial charge in [-0.15, -0.1) is 22.7 Å². The zero-order valence-corrected chi connectivity index (χ0v) is 16.8. The van der Waals surface area contributed by atoms with Gasteiger partial charge in [-0.2, -0.15) is 0 Å². The second kappa shape index (κ2) is 7.28. The number of likely N-dealkylation sites (tertiary alicyclic amines) is 1. The molecular weight excluding hydrogens is 378 g/mol. The van der Waals surface area contributed by atoms with Gasteiger partial charge in [-0.25, -0.2) is 4.98 Å². The zero-order chi connectivity index (χ0) is 18.4. The van der Waals surface area contributed by atoms with Crippen LogP contribution in [0.3, 0.4) is 0 Å². The fraction of sp³-hybridized carbons (Fsp3) is 0.600. The maximum atomic E-state index is 12.7. The third kappa shape index (κ3) is 3.83. The van der Waals surface area contributed by atoms with Gasteiger partial charge in [0.25, 0.3) is 5.91 Å². The lowest BCUT2D eigenvalue weighted by molar-refractivity contribution is 0.0460. The highest BCUT2D eigenvalue weighted by molar-refractivity contribution is 7.20. The van der Waals surface area contributed by atoms with E-state index in [-0.39, 0.29) is 11.9 Å². The maximum Gasteiger partial charge on any atom is 0.271 e. The lowest BCUT2D eigenvalue weighted by atomic mass is 9.77. The Morgan fingerprint density at radius 1 is 1.26 bits per heavy atom. The summed E-state index contributed by atoms with van der Waals surface area (Å²) in [4.78, 5) is 20.8. The number of thiazole rings is 1. The highest BCUT2D eigenvalue weighted by atomic mass is 32.1. The normalized spacial score (nSPS) is 31.0. The van der Waals surface area contributed by atoms with E-state index in [9.17, 15) is 9.90 Å². The first kappa shape index (κ1) is 17.8. The summed E-state index contributed by atoms with van der Waals surface area (Å²) in [5, 5.41) is 18.4. The summed E-state index contributed by atoms with van der Waals surface area (Å²) in [7, 11) is 0. The summed E-state index contributed by atoms with van der Waals surface area (Å²) in [6.45, 7) is 3.47. The molecule has 2 aromatic heterocycles. The van der Waals surface area contributed by atoms with Crippen molar-refractivity contribution in [1.29, 1.82) is 0 Å². The minimum atomic E-state index is -0.452. The largest absolute Gasteiger partial charge is 0.391 e. The Kier molecular flexibility index (Phi) is 4.80. The Morgan fingerprint density at radius 3 is 2.81 bits per heavy atom. The van der Waals surface area contributed by atoms with Crippen molar-refractivity contribution in [2.24, 2.45) is 17.8 Å². The average Bonchev–Trinajstić information content (AvgIpc) is 3.08. The van der Waals surface area contributed by atoms with Crippen molar-refractivity contribution < 1.29 is 9.90 Å². The van der Waals surface area contributed by atoms with E-state index in [1.54, 1.807) is 11.3 Å². The van der Waals surface area contributed by atoms with E-state index in [0.29, 0.717) is 17.5 Å². The van der Waals surface area contributed by atoms with Crippen molar-refractivity contribution in [2.75, 3.05) is 19.6 Å². The Bertz CT molecular complexity index is 802. The van der Waals surface area contributed by atoms with Crippen molar-refractivity contribution in [3.63, 3.8) is 0 Å². The summed E-state index contributed by atoms with van der Waals surface area (Å²) in [6, 6.07) is 3.85. The van der Waals surface area contributed by atoms with Gasteiger partial charge < -0.3 is 15.3 Å². The molecule has 0 spiro atoms. The second-order valence-corrected chi connectivity index (χ2v) is 10.1. The molecule has 1 amide bonds. The summed E-state index contributed by atoms with van der Waals surface area (Å²) in [6.07, 6.45) is 3.99. The van der Waals surface area contributed by atoms with Crippen LogP contribution >= 0.6 is 22.7 Å². The number of hydrogen-bond acceptors (Lipinski definition) is 6. The van der Waals surface area contributed by atoms with Gasteiger partial charge in [0.15, 0.2) is 0 Å². The molecule has 0 unspecified atom stereocenters. The van der Waals surface area contributed by atoms with Gasteiger partial charge in [0.2, 0.25) is 0 Å². The fourth-order valence-electron chi connectivity index (χ4n) is 4.63. The highest BCUT2D eigenvalue weighted by Gasteiger charge is 2.43. The molecule has 27 heavy (non-hydrogen) atoms. The van der Waals surface area contributed by atoms with Crippen LogP contribution in [0, 0.1) is 17.8 Å². The van der Waals surface area contributed by atoms with Gasteiger partial charge in [-0.3, -0.25) is 4.79 Å². The van der Waals surface area contributed by atoms with Crippen molar-refractivity contribution in [3.05, 3.63) is 28.6 Å². The van der Waals surface area contributed by atoms with Crippen LogP contribution < -0.4 is 5.32 Å². The van der Waals surface area contributed by atoms with Crippen LogP contribution in [-0.4, -0.2) is 52.7 Å². The molecule has 0 bridgehead atoms. The van der Waals surface area contributed by atoms with E-state index < -0.39 is 6.10 Å². The minimum Gasteiger partial charge on any atom is -0.391 e. The number of thiophene rings is 1. The van der Waals surface area contributed by atoms with E-state index >= 15 is 0 Å². The van der Waals surface area contributed by atoms with Crippen LogP contribution in [0.5, 0.6) is 0 Å². The molecule has 2 aromatic rings. The Morgan fingerprint density at radius 2 is 2.07 bits per heavy atom. The first-order chi connectivity index (χ1) is 13.2. The number of aliphatic hydroxyl groups is 1. The second-order valence-electron chi connectivity index (χ2n) is 8.32. The third-order valence-corrected chi connectivity index (χ3v) is 8.10. The van der Waals surface area contributed by atoms with E-state index in [0.717, 1.165) is 41.7 Å². The number of nitrogens with zero attached hydrogens (tertiary/aromatic N) is 2. The molecule has 144 valence electrons. The summed E-state index contributed by atoms with van der Waals surface area (Å²) < 4.78 is 0. The number of hydrogen-bond donors (Lipinski definition) is 2. The summed E-state index contributed by atoms with van der Waals surface area (Å²) in [5.74, 6) is 1.92. The number of fused-ring (bicyclic) bond motifs is 1. The molecule has 3 heterocycles. The summed E-state index contributed by atoms with van der Waals surface area (Å²) in [5.41, 5.74) is 0.458. The quantitative estimate of drug-likeness (QED) is 0.805. The predicted molar refractivity (Wildman–Crippen MR) is 108 cm³/mol. The molecule has 7 heteroatoms. The molecule has 2 aliphatic carbocycles. The molecule has 5 nitrogen and oxygen atoms in total. The van der Waals surface area contributed by atoms with Gasteiger partial charge in [-0.05, 0) is 54.9 Å². The van der Waals surface area contributed by atoms with Crippen molar-refractivity contribution in [1.82, 2.24) is 15.2 Å². The molecule has 0 radical (unpaired) electrons. The fourth-order valence-corrected chi connectivity index (χ4v) is 6.25. The zero-order valence-electron chi connectivity index (χ0n) is 15.2. The number of rotatable bonds is 5. The van der Waals surface area contributed by atoms with Crippen LogP contribution in [0.2, 0.25) is 0 Å². The molecule has 3 fully saturated rings. The molecule has 1 saturated heterocycles. The lowest BCUT2D eigenvalue weighted by Gasteiger charge is -2.35. The number of carbonyl (C=O) groups excluding carboxylic acids is 1. The van der Waals surface area contributed by atoms with E-state index in [1.165, 1.54) is 30.7 Å². The number of aromatic nitrogens is 1. The first-order valence-corrected chi connectivity index (χ1v) is 11.6. The summed E-state index contributed by atoms with van der Waals surface area (Å²) >= 11 is 3.12. The lowest BCUT2D eigenvalue weighted by Crippen LogP contribution is -2.49. The van der Waals surface area contributed by atoms with Gasteiger partial charge in [0.05, 0.1) is 17.0 Å². The van der Waals surface area contributed by atoms with E-state index in [4.69, 9.17) is 0 Å². The van der Waals surface area contributed by atoms with Crippen LogP contribution in [0.4, 0.5) is 0 Å². The highest BCUT2D eigenvalue weighted by Crippen LogP contribution is 2.39. The maximum absolute atomic E-state index is 12.7. The standard InChI is InChI=1S/C20H25N3O2S2/c24-17-7-14-10-23(8-12-3-4-12)9-13(14)6-15(17)21-19(25)16-11-27-20(22-16)18-2-1-5-26-18/h1-2,5,11-15,17,24H,3-4,6-10H2,(H,21,25)/t13-,14+,15-,17-/m0/s1. The third-order valence-electron chi connectivity index (χ3n) is 6.22. The van der Waals surface area contributed by atoms with Crippen molar-refractivity contribution in [2.45, 2.75) is 37.8 Å². The number of amides is 1. The van der Waals surface area contributed by atoms with Crippen molar-refractivity contribution in [3.8, 4) is 9.88 Å². The minimum absolute atomic E-state index is 0.161. The van der Waals surface area contributed by atoms with Gasteiger partial charge >= 0.3 is 0 Å². The van der Waals surface area contributed by atoms with Crippen LogP contribution in [0.15, 0.2) is 22.9 Å². The van der Waals surface area contributed by atoms with Crippen molar-refractivity contribution >= 4 is 28.6 Å².